The van der Waals surface area contributed by atoms with E-state index in [9.17, 15) is 27.6 Å². The lowest BCUT2D eigenvalue weighted by Gasteiger charge is -2.19. The summed E-state index contributed by atoms with van der Waals surface area (Å²) in [5.74, 6) is -2.01. The molecule has 0 saturated heterocycles. The van der Waals surface area contributed by atoms with Crippen LogP contribution in [0.2, 0.25) is 0 Å². The maximum atomic E-state index is 14.1. The molecule has 0 saturated carbocycles. The van der Waals surface area contributed by atoms with Crippen LogP contribution >= 0.6 is 11.3 Å². The van der Waals surface area contributed by atoms with Gasteiger partial charge in [0.1, 0.15) is 22.6 Å². The zero-order valence-corrected chi connectivity index (χ0v) is 43.6. The summed E-state index contributed by atoms with van der Waals surface area (Å²) in [6.07, 6.45) is 17.9. The summed E-state index contributed by atoms with van der Waals surface area (Å²) >= 11 is 1.60. The summed E-state index contributed by atoms with van der Waals surface area (Å²) < 4.78 is 50.8. The molecule has 8 aromatic heterocycles. The minimum atomic E-state index is -3.19. The van der Waals surface area contributed by atoms with Gasteiger partial charge in [-0.25, -0.2) is 9.37 Å². The molecular formula is C59H47F3N14O4S. The second-order valence-electron chi connectivity index (χ2n) is 18.6. The van der Waals surface area contributed by atoms with Crippen molar-refractivity contribution in [2.24, 2.45) is 0 Å². The van der Waals surface area contributed by atoms with Gasteiger partial charge < -0.3 is 50.3 Å². The predicted molar refractivity (Wildman–Crippen MR) is 304 cm³/mol. The van der Waals surface area contributed by atoms with Crippen LogP contribution < -0.4 is 36.6 Å². The van der Waals surface area contributed by atoms with E-state index in [1.54, 1.807) is 77.6 Å². The number of fused-ring (bicyclic) bond motifs is 5. The predicted octanol–water partition coefficient (Wildman–Crippen LogP) is 11.0. The first-order valence-electron chi connectivity index (χ1n) is 25.6. The van der Waals surface area contributed by atoms with E-state index in [4.69, 9.17) is 0 Å². The van der Waals surface area contributed by atoms with Crippen molar-refractivity contribution in [1.82, 2.24) is 54.6 Å². The lowest BCUT2D eigenvalue weighted by Crippen LogP contribution is -2.35. The Morgan fingerprint density at radius 2 is 0.938 bits per heavy atom. The number of pyridine rings is 4. The molecular weight excluding hydrogens is 1060 g/mol. The minimum absolute atomic E-state index is 0.0111. The van der Waals surface area contributed by atoms with Gasteiger partial charge in [-0.15, -0.1) is 11.3 Å². The number of carbonyl (C=O) groups is 3. The number of alkyl halides is 2. The first-order chi connectivity index (χ1) is 39.7. The molecule has 6 N–H and O–H groups in total. The van der Waals surface area contributed by atoms with Gasteiger partial charge in [-0.2, -0.15) is 8.78 Å². The Morgan fingerprint density at radius 1 is 0.506 bits per heavy atom. The third-order valence-electron chi connectivity index (χ3n) is 13.7. The van der Waals surface area contributed by atoms with Gasteiger partial charge in [0.25, 0.3) is 17.7 Å². The Labute approximate surface area is 463 Å². The van der Waals surface area contributed by atoms with Crippen molar-refractivity contribution in [3.05, 3.63) is 194 Å². The molecule has 0 atom stereocenters. The first-order valence-corrected chi connectivity index (χ1v) is 26.5. The second kappa shape index (κ2) is 22.6. The highest BCUT2D eigenvalue weighted by Gasteiger charge is 2.30. The second-order valence-corrected chi connectivity index (χ2v) is 19.5. The number of nitrogens with one attached hydrogen (secondary N) is 6. The van der Waals surface area contributed by atoms with E-state index in [1.165, 1.54) is 12.1 Å². The molecule has 14 rings (SSSR count). The van der Waals surface area contributed by atoms with E-state index in [0.717, 1.165) is 90.8 Å². The molecule has 3 aliphatic rings. The number of hydrogen-bond acceptors (Lipinski definition) is 13. The number of carbonyl (C=O) groups excluding carboxylic acids is 3. The molecule has 0 bridgehead atoms. The van der Waals surface area contributed by atoms with E-state index in [-0.39, 0.29) is 23.4 Å². The Bertz CT molecular complexity index is 4130. The highest BCUT2D eigenvalue weighted by Crippen LogP contribution is 2.42. The molecule has 404 valence electrons. The topological polar surface area (TPSA) is 212 Å². The Morgan fingerprint density at radius 3 is 1.43 bits per heavy atom. The van der Waals surface area contributed by atoms with Crippen LogP contribution in [0.1, 0.15) is 31.5 Å². The standard InChI is InChI=1S/C21H17N5O.C19H15F3N4O2.C19H15N5OS/c27-21-20-19(25-17-5-1-3-15-4-2-8-23-18(15)17)16(13-26(20)12-11-24-21)14-6-9-22-10-7-14;20-13-2-1-3-14(17(13)28-19(21)22)25-15-12(11-4-6-23-7-5-11)10-26-9-8-24-18(27)16(15)26;25-19-18-16(23-14-2-1-3-15-17(14)22-11-26-15)13(10-24(18)9-8-21-19)12-4-6-20-7-5-12/h1-10,13,25H,11-12H2,(H,24,27);1-7,10,19,25H,8-9H2,(H,24,27);1-7,10-11,23H,8-9H2,(H,21,25). The van der Waals surface area contributed by atoms with E-state index in [0.29, 0.717) is 54.5 Å². The molecule has 3 aliphatic heterocycles. The first kappa shape index (κ1) is 51.4. The maximum Gasteiger partial charge on any atom is 0.387 e. The number of thiazole rings is 1. The third-order valence-corrected chi connectivity index (χ3v) is 14.5. The number of halogens is 3. The Hall–Kier alpha value is -10.4. The molecule has 11 heterocycles. The molecule has 11 aromatic rings. The molecule has 22 heteroatoms. The Balaban J connectivity index is 0.000000121. The van der Waals surface area contributed by atoms with Crippen molar-refractivity contribution in [2.75, 3.05) is 35.6 Å². The lowest BCUT2D eigenvalue weighted by molar-refractivity contribution is -0.0516. The van der Waals surface area contributed by atoms with Gasteiger partial charge in [0.2, 0.25) is 0 Å². The van der Waals surface area contributed by atoms with Crippen LogP contribution in [0.4, 0.5) is 47.3 Å². The summed E-state index contributed by atoms with van der Waals surface area (Å²) in [4.78, 5) is 58.8. The summed E-state index contributed by atoms with van der Waals surface area (Å²) in [6.45, 7) is 0.586. The van der Waals surface area contributed by atoms with Crippen LogP contribution in [0, 0.1) is 5.82 Å². The zero-order chi connectivity index (χ0) is 55.4. The van der Waals surface area contributed by atoms with Gasteiger partial charge in [-0.3, -0.25) is 34.3 Å². The number of aromatic nitrogens is 8. The average Bonchev–Trinajstić information content (AvgIpc) is 4.40. The molecule has 3 amide bonds. The van der Waals surface area contributed by atoms with Gasteiger partial charge in [0.15, 0.2) is 11.6 Å². The molecule has 0 spiro atoms. The quantitative estimate of drug-likeness (QED) is 0.0714. The maximum absolute atomic E-state index is 14.1. The largest absolute Gasteiger partial charge is 0.429 e. The lowest BCUT2D eigenvalue weighted by atomic mass is 10.1. The van der Waals surface area contributed by atoms with Gasteiger partial charge in [-0.05, 0) is 89.5 Å². The van der Waals surface area contributed by atoms with Gasteiger partial charge in [0.05, 0.1) is 49.9 Å². The normalized spacial score (nSPS) is 13.3. The van der Waals surface area contributed by atoms with E-state index >= 15 is 0 Å². The van der Waals surface area contributed by atoms with Crippen LogP contribution in [0.3, 0.4) is 0 Å². The van der Waals surface area contributed by atoms with Crippen molar-refractivity contribution in [1.29, 1.82) is 0 Å². The highest BCUT2D eigenvalue weighted by molar-refractivity contribution is 7.16. The number of amides is 3. The summed E-state index contributed by atoms with van der Waals surface area (Å²) in [5.41, 5.74) is 14.3. The summed E-state index contributed by atoms with van der Waals surface area (Å²) in [7, 11) is 0. The molecule has 18 nitrogen and oxygen atoms in total. The summed E-state index contributed by atoms with van der Waals surface area (Å²) in [6, 6.07) is 31.1. The van der Waals surface area contributed by atoms with E-state index in [1.807, 2.05) is 99.8 Å². The number of anilines is 6. The SMILES string of the molecule is O=C1NCCn2cc(-c3ccncc3)c(Nc3cccc(F)c3OC(F)F)c21.O=C1NCCn2cc(-c3ccncc3)c(Nc3cccc4cccnc34)c21.O=C1NCCn2cc(-c3ccncc3)c(Nc3cccc4scnc34)c21. The van der Waals surface area contributed by atoms with E-state index in [2.05, 4.69) is 61.6 Å². The molecule has 81 heavy (non-hydrogen) atoms. The van der Waals surface area contributed by atoms with Crippen LogP contribution in [0.15, 0.2) is 171 Å². The number of hydrogen-bond donors (Lipinski definition) is 6. The van der Waals surface area contributed by atoms with Crippen LogP contribution in [0.25, 0.3) is 54.5 Å². The monoisotopic (exact) mass is 1100 g/mol. The highest BCUT2D eigenvalue weighted by atomic mass is 32.1. The molecule has 0 unspecified atom stereocenters. The number of rotatable bonds is 11. The van der Waals surface area contributed by atoms with Gasteiger partial charge in [-0.1, -0.05) is 30.3 Å². The summed E-state index contributed by atoms with van der Waals surface area (Å²) in [5, 5.41) is 19.6. The fourth-order valence-electron chi connectivity index (χ4n) is 10.1. The van der Waals surface area contributed by atoms with E-state index < -0.39 is 18.2 Å². The van der Waals surface area contributed by atoms with Crippen molar-refractivity contribution in [3.8, 4) is 39.1 Å². The van der Waals surface area contributed by atoms with Gasteiger partial charge in [0, 0.05) is 123 Å². The fourth-order valence-corrected chi connectivity index (χ4v) is 10.8. The third kappa shape index (κ3) is 10.5. The zero-order valence-electron chi connectivity index (χ0n) is 42.7. The smallest absolute Gasteiger partial charge is 0.387 e. The number of benzene rings is 3. The van der Waals surface area contributed by atoms with Crippen molar-refractivity contribution in [2.45, 2.75) is 26.2 Å². The number of nitrogens with zero attached hydrogens (tertiary/aromatic N) is 8. The fraction of sp³-hybridized carbons (Fsp3) is 0.119. The number of para-hydroxylation sites is 3. The molecule has 0 aliphatic carbocycles. The molecule has 0 radical (unpaired) electrons. The van der Waals surface area contributed by atoms with Crippen LogP contribution in [-0.2, 0) is 19.6 Å². The average molecular weight is 1110 g/mol. The minimum Gasteiger partial charge on any atom is -0.429 e. The number of ether oxygens (including phenoxy) is 1. The Kier molecular flexibility index (Phi) is 14.3. The van der Waals surface area contributed by atoms with Gasteiger partial charge >= 0.3 is 6.61 Å². The molecule has 0 fully saturated rings. The van der Waals surface area contributed by atoms with Crippen LogP contribution in [-0.4, -0.2) is 82.6 Å². The van der Waals surface area contributed by atoms with Crippen molar-refractivity contribution < 1.29 is 32.3 Å². The van der Waals surface area contributed by atoms with Crippen molar-refractivity contribution in [3.63, 3.8) is 0 Å². The molecule has 3 aromatic carbocycles. The van der Waals surface area contributed by atoms with Crippen LogP contribution in [0.5, 0.6) is 5.75 Å². The van der Waals surface area contributed by atoms with Crippen molar-refractivity contribution >= 4 is 84.3 Å².